The van der Waals surface area contributed by atoms with Crippen molar-refractivity contribution < 1.29 is 12.6 Å². The van der Waals surface area contributed by atoms with E-state index >= 15 is 0 Å². The van der Waals surface area contributed by atoms with Gasteiger partial charge in [-0.1, -0.05) is 48.5 Å². The lowest BCUT2D eigenvalue weighted by Gasteiger charge is -2.07. The Bertz CT molecular complexity index is 719. The molecular formula is C19H24O3S. The summed E-state index contributed by atoms with van der Waals surface area (Å²) in [5, 5.41) is 0. The van der Waals surface area contributed by atoms with Gasteiger partial charge in [0, 0.05) is 0 Å². The van der Waals surface area contributed by atoms with Crippen LogP contribution in [0.15, 0.2) is 48.5 Å². The fraction of sp³-hybridized carbons (Fsp3) is 0.368. The van der Waals surface area contributed by atoms with E-state index in [1.807, 2.05) is 0 Å². The molecule has 0 heterocycles. The second-order valence-electron chi connectivity index (χ2n) is 5.90. The molecule has 0 bridgehead atoms. The van der Waals surface area contributed by atoms with Crippen LogP contribution in [0.4, 0.5) is 0 Å². The first kappa shape index (κ1) is 17.7. The molecule has 23 heavy (non-hydrogen) atoms. The Morgan fingerprint density at radius 2 is 1.57 bits per heavy atom. The van der Waals surface area contributed by atoms with Crippen LogP contribution in [0.2, 0.25) is 0 Å². The van der Waals surface area contributed by atoms with Crippen LogP contribution in [0, 0.1) is 6.92 Å². The molecule has 3 nitrogen and oxygen atoms in total. The highest BCUT2D eigenvalue weighted by molar-refractivity contribution is 7.85. The molecule has 4 heteroatoms. The molecule has 0 radical (unpaired) electrons. The molecule has 0 fully saturated rings. The van der Waals surface area contributed by atoms with Gasteiger partial charge in [0.25, 0.3) is 10.1 Å². The van der Waals surface area contributed by atoms with Gasteiger partial charge < -0.3 is 0 Å². The predicted octanol–water partition coefficient (Wildman–Crippen LogP) is 3.88. The van der Waals surface area contributed by atoms with Crippen LogP contribution >= 0.6 is 0 Å². The van der Waals surface area contributed by atoms with Gasteiger partial charge in [-0.05, 0) is 54.9 Å². The third kappa shape index (κ3) is 6.55. The van der Waals surface area contributed by atoms with E-state index in [1.165, 1.54) is 22.3 Å². The van der Waals surface area contributed by atoms with Crippen molar-refractivity contribution in [1.82, 2.24) is 0 Å². The fourth-order valence-corrected chi connectivity index (χ4v) is 2.91. The molecule has 0 spiro atoms. The highest BCUT2D eigenvalue weighted by Gasteiger charge is 2.02. The van der Waals surface area contributed by atoms with E-state index in [0.29, 0.717) is 0 Å². The predicted molar refractivity (Wildman–Crippen MR) is 94.2 cm³/mol. The Labute approximate surface area is 139 Å². The van der Waals surface area contributed by atoms with Crippen molar-refractivity contribution in [2.75, 3.05) is 12.9 Å². The minimum absolute atomic E-state index is 0.268. The average molecular weight is 332 g/mol. The van der Waals surface area contributed by atoms with E-state index in [1.54, 1.807) is 0 Å². The van der Waals surface area contributed by atoms with Crippen LogP contribution < -0.4 is 0 Å². The number of hydrogen-bond acceptors (Lipinski definition) is 3. The smallest absolute Gasteiger partial charge is 0.264 e. The lowest BCUT2D eigenvalue weighted by molar-refractivity contribution is 0.312. The van der Waals surface area contributed by atoms with E-state index in [-0.39, 0.29) is 6.61 Å². The molecule has 0 amide bonds. The molecule has 0 N–H and O–H groups in total. The van der Waals surface area contributed by atoms with E-state index in [0.717, 1.165) is 31.9 Å². The number of rotatable bonds is 8. The van der Waals surface area contributed by atoms with Gasteiger partial charge in [0.2, 0.25) is 0 Å². The topological polar surface area (TPSA) is 43.4 Å². The molecule has 0 aromatic heterocycles. The average Bonchev–Trinajstić information content (AvgIpc) is 2.50. The van der Waals surface area contributed by atoms with Crippen LogP contribution in [-0.4, -0.2) is 21.3 Å². The molecule has 2 rings (SSSR count). The van der Waals surface area contributed by atoms with Crippen molar-refractivity contribution in [2.45, 2.75) is 32.6 Å². The van der Waals surface area contributed by atoms with E-state index < -0.39 is 10.1 Å². The van der Waals surface area contributed by atoms with E-state index in [4.69, 9.17) is 4.18 Å². The Hall–Kier alpha value is -1.65. The number of hydrogen-bond donors (Lipinski definition) is 0. The highest BCUT2D eigenvalue weighted by atomic mass is 32.2. The maximum Gasteiger partial charge on any atom is 0.264 e. The largest absolute Gasteiger partial charge is 0.270 e. The van der Waals surface area contributed by atoms with Crippen LogP contribution in [0.5, 0.6) is 0 Å². The fourth-order valence-electron chi connectivity index (χ4n) is 2.49. The van der Waals surface area contributed by atoms with Crippen molar-refractivity contribution >= 4 is 10.1 Å². The Balaban J connectivity index is 1.80. The molecule has 0 aliphatic rings. The second kappa shape index (κ2) is 8.27. The monoisotopic (exact) mass is 332 g/mol. The van der Waals surface area contributed by atoms with Gasteiger partial charge in [0.05, 0.1) is 12.9 Å². The first-order chi connectivity index (χ1) is 10.9. The molecule has 0 aliphatic carbocycles. The van der Waals surface area contributed by atoms with Crippen molar-refractivity contribution in [1.29, 1.82) is 0 Å². The van der Waals surface area contributed by atoms with Crippen molar-refractivity contribution in [3.05, 3.63) is 70.8 Å². The summed E-state index contributed by atoms with van der Waals surface area (Å²) in [6.07, 6.45) is 4.65. The SMILES string of the molecule is Cc1ccccc1Cc1ccc(CCCCOS(C)(=O)=O)cc1. The quantitative estimate of drug-likeness (QED) is 0.544. The van der Waals surface area contributed by atoms with Crippen molar-refractivity contribution in [3.63, 3.8) is 0 Å². The summed E-state index contributed by atoms with van der Waals surface area (Å²) < 4.78 is 26.4. The number of aryl methyl sites for hydroxylation is 2. The Morgan fingerprint density at radius 1 is 0.913 bits per heavy atom. The Morgan fingerprint density at radius 3 is 2.22 bits per heavy atom. The maximum absolute atomic E-state index is 10.9. The van der Waals surface area contributed by atoms with E-state index in [2.05, 4.69) is 55.5 Å². The third-order valence-electron chi connectivity index (χ3n) is 3.84. The molecular weight excluding hydrogens is 308 g/mol. The van der Waals surface area contributed by atoms with E-state index in [9.17, 15) is 8.42 Å². The Kier molecular flexibility index (Phi) is 6.37. The molecule has 0 unspecified atom stereocenters. The van der Waals surface area contributed by atoms with Crippen LogP contribution in [0.25, 0.3) is 0 Å². The minimum Gasteiger partial charge on any atom is -0.270 e. The van der Waals surface area contributed by atoms with Crippen molar-refractivity contribution in [3.8, 4) is 0 Å². The standard InChI is InChI=1S/C19H24O3S/c1-16-7-3-4-9-19(16)15-18-12-10-17(11-13-18)8-5-6-14-22-23(2,20)21/h3-4,7,9-13H,5-6,8,14-15H2,1-2H3. The third-order valence-corrected chi connectivity index (χ3v) is 4.43. The summed E-state index contributed by atoms with van der Waals surface area (Å²) in [5.41, 5.74) is 5.27. The minimum atomic E-state index is -3.31. The lowest BCUT2D eigenvalue weighted by Crippen LogP contribution is -2.04. The summed E-state index contributed by atoms with van der Waals surface area (Å²) in [7, 11) is -3.31. The lowest BCUT2D eigenvalue weighted by atomic mass is 9.99. The molecule has 0 atom stereocenters. The summed E-state index contributed by atoms with van der Waals surface area (Å²) >= 11 is 0. The molecule has 0 saturated carbocycles. The van der Waals surface area contributed by atoms with Crippen LogP contribution in [0.1, 0.15) is 35.1 Å². The van der Waals surface area contributed by atoms with Gasteiger partial charge >= 0.3 is 0 Å². The normalized spacial score (nSPS) is 11.6. The zero-order valence-electron chi connectivity index (χ0n) is 13.8. The maximum atomic E-state index is 10.9. The molecule has 2 aromatic rings. The number of unbranched alkanes of at least 4 members (excludes halogenated alkanes) is 1. The zero-order chi connectivity index (χ0) is 16.7. The van der Waals surface area contributed by atoms with Gasteiger partial charge in [0.1, 0.15) is 0 Å². The summed E-state index contributed by atoms with van der Waals surface area (Å²) in [4.78, 5) is 0. The van der Waals surface area contributed by atoms with Crippen LogP contribution in [-0.2, 0) is 27.1 Å². The zero-order valence-corrected chi connectivity index (χ0v) is 14.6. The van der Waals surface area contributed by atoms with Gasteiger partial charge in [-0.25, -0.2) is 0 Å². The molecule has 124 valence electrons. The van der Waals surface area contributed by atoms with Gasteiger partial charge in [-0.3, -0.25) is 4.18 Å². The van der Waals surface area contributed by atoms with Gasteiger partial charge in [-0.2, -0.15) is 8.42 Å². The summed E-state index contributed by atoms with van der Waals surface area (Å²) in [5.74, 6) is 0. The highest BCUT2D eigenvalue weighted by Crippen LogP contribution is 2.15. The molecule has 2 aromatic carbocycles. The molecule has 0 aliphatic heterocycles. The summed E-state index contributed by atoms with van der Waals surface area (Å²) in [6.45, 7) is 2.41. The molecule has 0 saturated heterocycles. The van der Waals surface area contributed by atoms with Crippen molar-refractivity contribution in [2.24, 2.45) is 0 Å². The van der Waals surface area contributed by atoms with Crippen LogP contribution in [0.3, 0.4) is 0 Å². The first-order valence-electron chi connectivity index (χ1n) is 7.91. The van der Waals surface area contributed by atoms with Gasteiger partial charge in [0.15, 0.2) is 0 Å². The second-order valence-corrected chi connectivity index (χ2v) is 7.55. The number of benzene rings is 2. The van der Waals surface area contributed by atoms with Gasteiger partial charge in [-0.15, -0.1) is 0 Å². The summed E-state index contributed by atoms with van der Waals surface area (Å²) in [6, 6.07) is 17.1. The first-order valence-corrected chi connectivity index (χ1v) is 9.72.